The molecule has 0 bridgehead atoms. The lowest BCUT2D eigenvalue weighted by Crippen LogP contribution is -2.25. The SMILES string of the molecule is Cc1csc(CC2CCC(N)C2C)n1. The van der Waals surface area contributed by atoms with Crippen molar-refractivity contribution in [2.24, 2.45) is 17.6 Å². The zero-order valence-electron chi connectivity index (χ0n) is 8.86. The predicted molar refractivity (Wildman–Crippen MR) is 60.4 cm³/mol. The molecular formula is C11H18N2S. The number of nitrogens with two attached hydrogens (primary N) is 1. The van der Waals surface area contributed by atoms with Crippen molar-refractivity contribution in [2.45, 2.75) is 39.2 Å². The normalized spacial score (nSPS) is 32.4. The van der Waals surface area contributed by atoms with Crippen LogP contribution in [0.25, 0.3) is 0 Å². The van der Waals surface area contributed by atoms with E-state index in [0.717, 1.165) is 18.0 Å². The molecule has 0 amide bonds. The number of hydrogen-bond acceptors (Lipinski definition) is 3. The van der Waals surface area contributed by atoms with E-state index in [2.05, 4.69) is 24.2 Å². The molecule has 2 nitrogen and oxygen atoms in total. The van der Waals surface area contributed by atoms with Crippen LogP contribution in [-0.2, 0) is 6.42 Å². The Bertz CT molecular complexity index is 308. The summed E-state index contributed by atoms with van der Waals surface area (Å²) < 4.78 is 0. The van der Waals surface area contributed by atoms with Crippen LogP contribution in [0.15, 0.2) is 5.38 Å². The molecule has 1 fully saturated rings. The molecule has 2 rings (SSSR count). The maximum absolute atomic E-state index is 6.01. The van der Waals surface area contributed by atoms with Crippen molar-refractivity contribution < 1.29 is 0 Å². The molecule has 1 aliphatic carbocycles. The first-order valence-electron chi connectivity index (χ1n) is 5.33. The largest absolute Gasteiger partial charge is 0.327 e. The van der Waals surface area contributed by atoms with Gasteiger partial charge in [0.05, 0.1) is 5.01 Å². The van der Waals surface area contributed by atoms with Crippen molar-refractivity contribution in [1.29, 1.82) is 0 Å². The van der Waals surface area contributed by atoms with E-state index in [1.165, 1.54) is 17.8 Å². The topological polar surface area (TPSA) is 38.9 Å². The summed E-state index contributed by atoms with van der Waals surface area (Å²) in [6, 6.07) is 0.418. The molecule has 1 aromatic heterocycles. The van der Waals surface area contributed by atoms with Crippen molar-refractivity contribution in [1.82, 2.24) is 4.98 Å². The lowest BCUT2D eigenvalue weighted by atomic mass is 9.93. The average molecular weight is 210 g/mol. The molecule has 0 radical (unpaired) electrons. The van der Waals surface area contributed by atoms with E-state index in [9.17, 15) is 0 Å². The Balaban J connectivity index is 1.98. The van der Waals surface area contributed by atoms with Crippen LogP contribution in [0, 0.1) is 18.8 Å². The summed E-state index contributed by atoms with van der Waals surface area (Å²) in [5.74, 6) is 1.43. The predicted octanol–water partition coefficient (Wildman–Crippen LogP) is 2.37. The van der Waals surface area contributed by atoms with Crippen LogP contribution in [0.5, 0.6) is 0 Å². The minimum atomic E-state index is 0.418. The summed E-state index contributed by atoms with van der Waals surface area (Å²) in [5, 5.41) is 3.42. The van der Waals surface area contributed by atoms with E-state index in [-0.39, 0.29) is 0 Å². The van der Waals surface area contributed by atoms with Crippen molar-refractivity contribution in [3.05, 3.63) is 16.1 Å². The van der Waals surface area contributed by atoms with Gasteiger partial charge in [0.2, 0.25) is 0 Å². The second kappa shape index (κ2) is 3.99. The molecule has 1 aliphatic rings. The van der Waals surface area contributed by atoms with Gasteiger partial charge in [-0.15, -0.1) is 11.3 Å². The highest BCUT2D eigenvalue weighted by molar-refractivity contribution is 7.09. The number of rotatable bonds is 2. The molecule has 3 atom stereocenters. The fourth-order valence-corrected chi connectivity index (χ4v) is 3.16. The molecule has 0 aromatic carbocycles. The van der Waals surface area contributed by atoms with Crippen molar-refractivity contribution in [3.8, 4) is 0 Å². The van der Waals surface area contributed by atoms with E-state index in [1.54, 1.807) is 11.3 Å². The van der Waals surface area contributed by atoms with E-state index in [0.29, 0.717) is 12.0 Å². The first-order chi connectivity index (χ1) is 6.66. The molecule has 1 saturated carbocycles. The molecule has 3 heteroatoms. The standard InChI is InChI=1S/C11H18N2S/c1-7-6-14-11(13-7)5-9-3-4-10(12)8(9)2/h6,8-10H,3-5,12H2,1-2H3. The van der Waals surface area contributed by atoms with Crippen LogP contribution in [0.1, 0.15) is 30.5 Å². The van der Waals surface area contributed by atoms with Crippen molar-refractivity contribution in [2.75, 3.05) is 0 Å². The van der Waals surface area contributed by atoms with Gasteiger partial charge in [-0.3, -0.25) is 0 Å². The first kappa shape index (κ1) is 10.1. The van der Waals surface area contributed by atoms with Gasteiger partial charge in [-0.2, -0.15) is 0 Å². The summed E-state index contributed by atoms with van der Waals surface area (Å²) in [6.45, 7) is 4.34. The maximum Gasteiger partial charge on any atom is 0.0930 e. The van der Waals surface area contributed by atoms with Gasteiger partial charge in [-0.25, -0.2) is 4.98 Å². The molecule has 1 aromatic rings. The Morgan fingerprint density at radius 1 is 1.57 bits per heavy atom. The Kier molecular flexibility index (Phi) is 2.88. The Hall–Kier alpha value is -0.410. The van der Waals surface area contributed by atoms with Gasteiger partial charge < -0.3 is 5.73 Å². The van der Waals surface area contributed by atoms with Gasteiger partial charge in [-0.1, -0.05) is 6.92 Å². The van der Waals surface area contributed by atoms with E-state index in [1.807, 2.05) is 0 Å². The van der Waals surface area contributed by atoms with Crippen molar-refractivity contribution >= 4 is 11.3 Å². The number of thiazole rings is 1. The molecular weight excluding hydrogens is 192 g/mol. The highest BCUT2D eigenvalue weighted by atomic mass is 32.1. The smallest absolute Gasteiger partial charge is 0.0930 e. The molecule has 0 aliphatic heterocycles. The lowest BCUT2D eigenvalue weighted by Gasteiger charge is -2.16. The Labute approximate surface area is 89.5 Å². The highest BCUT2D eigenvalue weighted by Crippen LogP contribution is 2.33. The minimum absolute atomic E-state index is 0.418. The summed E-state index contributed by atoms with van der Waals surface area (Å²) in [4.78, 5) is 4.51. The minimum Gasteiger partial charge on any atom is -0.327 e. The van der Waals surface area contributed by atoms with E-state index < -0.39 is 0 Å². The molecule has 78 valence electrons. The van der Waals surface area contributed by atoms with Crippen LogP contribution in [0.3, 0.4) is 0 Å². The van der Waals surface area contributed by atoms with Gasteiger partial charge >= 0.3 is 0 Å². The summed E-state index contributed by atoms with van der Waals surface area (Å²) in [5.41, 5.74) is 7.16. The number of aryl methyl sites for hydroxylation is 1. The monoisotopic (exact) mass is 210 g/mol. The number of hydrogen-bond donors (Lipinski definition) is 1. The molecule has 14 heavy (non-hydrogen) atoms. The maximum atomic E-state index is 6.01. The summed E-state index contributed by atoms with van der Waals surface area (Å²) in [7, 11) is 0. The van der Waals surface area contributed by atoms with Crippen LogP contribution in [0.4, 0.5) is 0 Å². The van der Waals surface area contributed by atoms with Gasteiger partial charge in [-0.05, 0) is 31.6 Å². The third kappa shape index (κ3) is 1.98. The summed E-state index contributed by atoms with van der Waals surface area (Å²) in [6.07, 6.45) is 3.60. The zero-order valence-corrected chi connectivity index (χ0v) is 9.68. The molecule has 0 saturated heterocycles. The third-order valence-electron chi connectivity index (χ3n) is 3.39. The average Bonchev–Trinajstić information content (AvgIpc) is 2.67. The second-order valence-electron chi connectivity index (χ2n) is 4.45. The zero-order chi connectivity index (χ0) is 10.1. The van der Waals surface area contributed by atoms with Gasteiger partial charge in [0.25, 0.3) is 0 Å². The lowest BCUT2D eigenvalue weighted by molar-refractivity contribution is 0.390. The van der Waals surface area contributed by atoms with E-state index in [4.69, 9.17) is 5.73 Å². The molecule has 0 spiro atoms. The van der Waals surface area contributed by atoms with Crippen LogP contribution in [0.2, 0.25) is 0 Å². The van der Waals surface area contributed by atoms with Gasteiger partial charge in [0.15, 0.2) is 0 Å². The molecule has 2 N–H and O–H groups in total. The third-order valence-corrected chi connectivity index (χ3v) is 4.38. The fraction of sp³-hybridized carbons (Fsp3) is 0.727. The second-order valence-corrected chi connectivity index (χ2v) is 5.39. The number of aromatic nitrogens is 1. The quantitative estimate of drug-likeness (QED) is 0.814. The number of nitrogens with zero attached hydrogens (tertiary/aromatic N) is 1. The molecule has 1 heterocycles. The van der Waals surface area contributed by atoms with Crippen molar-refractivity contribution in [3.63, 3.8) is 0 Å². The fourth-order valence-electron chi connectivity index (χ4n) is 2.29. The van der Waals surface area contributed by atoms with E-state index >= 15 is 0 Å². The Morgan fingerprint density at radius 2 is 2.36 bits per heavy atom. The highest BCUT2D eigenvalue weighted by Gasteiger charge is 2.30. The Morgan fingerprint density at radius 3 is 2.86 bits per heavy atom. The van der Waals surface area contributed by atoms with Gasteiger partial charge in [0.1, 0.15) is 0 Å². The van der Waals surface area contributed by atoms with Crippen LogP contribution in [-0.4, -0.2) is 11.0 Å². The van der Waals surface area contributed by atoms with Gasteiger partial charge in [0, 0.05) is 23.5 Å². The van der Waals surface area contributed by atoms with Crippen LogP contribution >= 0.6 is 11.3 Å². The first-order valence-corrected chi connectivity index (χ1v) is 6.21. The molecule has 3 unspecified atom stereocenters. The van der Waals surface area contributed by atoms with Crippen LogP contribution < -0.4 is 5.73 Å². The summed E-state index contributed by atoms with van der Waals surface area (Å²) >= 11 is 1.79.